The van der Waals surface area contributed by atoms with Gasteiger partial charge in [0.1, 0.15) is 5.75 Å². The molecule has 0 radical (unpaired) electrons. The number of hydrogen-bond acceptors (Lipinski definition) is 5. The molecule has 8 nitrogen and oxygen atoms in total. The summed E-state index contributed by atoms with van der Waals surface area (Å²) in [6.07, 6.45) is 0.937. The number of aliphatic imine (C=N–C) groups is 1. The van der Waals surface area contributed by atoms with E-state index in [4.69, 9.17) is 9.47 Å². The zero-order chi connectivity index (χ0) is 21.3. The molecule has 0 saturated carbocycles. The van der Waals surface area contributed by atoms with Gasteiger partial charge < -0.3 is 29.7 Å². The van der Waals surface area contributed by atoms with E-state index in [1.807, 2.05) is 36.1 Å². The van der Waals surface area contributed by atoms with Gasteiger partial charge in [-0.3, -0.25) is 9.79 Å². The average molecular weight is 546 g/mol. The summed E-state index contributed by atoms with van der Waals surface area (Å²) >= 11 is 0. The molecule has 0 spiro atoms. The zero-order valence-corrected chi connectivity index (χ0v) is 20.8. The molecular weight excluding hydrogens is 511 g/mol. The summed E-state index contributed by atoms with van der Waals surface area (Å²) in [5.41, 5.74) is 0.781. The van der Waals surface area contributed by atoms with E-state index in [9.17, 15) is 9.90 Å². The van der Waals surface area contributed by atoms with E-state index in [1.54, 1.807) is 7.11 Å². The van der Waals surface area contributed by atoms with Crippen LogP contribution in [0, 0.1) is 5.92 Å². The second-order valence-electron chi connectivity index (χ2n) is 7.69. The van der Waals surface area contributed by atoms with Crippen molar-refractivity contribution >= 4 is 35.8 Å². The van der Waals surface area contributed by atoms with Gasteiger partial charge in [0.05, 0.1) is 33.0 Å². The number of nitrogens with zero attached hydrogens (tertiary/aromatic N) is 3. The number of hydrogen-bond donors (Lipinski definition) is 2. The second-order valence-corrected chi connectivity index (χ2v) is 7.69. The molecule has 2 saturated heterocycles. The first-order valence-corrected chi connectivity index (χ1v) is 10.8. The van der Waals surface area contributed by atoms with E-state index in [1.165, 1.54) is 0 Å². The monoisotopic (exact) mass is 546 g/mol. The van der Waals surface area contributed by atoms with E-state index in [0.717, 1.165) is 49.7 Å². The average Bonchev–Trinajstić information content (AvgIpc) is 2.81. The topological polar surface area (TPSA) is 86.6 Å². The number of morpholine rings is 1. The Hall–Kier alpha value is -1.59. The Morgan fingerprint density at radius 2 is 1.97 bits per heavy atom. The number of carbonyl (C=O) groups excluding carboxylic acids is 1. The Morgan fingerprint density at radius 3 is 2.61 bits per heavy atom. The highest BCUT2D eigenvalue weighted by Gasteiger charge is 2.30. The fourth-order valence-corrected chi connectivity index (χ4v) is 3.93. The van der Waals surface area contributed by atoms with Gasteiger partial charge in [0.25, 0.3) is 0 Å². The van der Waals surface area contributed by atoms with Gasteiger partial charge in [-0.15, -0.1) is 24.0 Å². The summed E-state index contributed by atoms with van der Waals surface area (Å²) in [5.74, 6) is 1.84. The molecule has 31 heavy (non-hydrogen) atoms. The van der Waals surface area contributed by atoms with Crippen LogP contribution in [0.1, 0.15) is 31.4 Å². The summed E-state index contributed by atoms with van der Waals surface area (Å²) in [6.45, 7) is 7.28. The molecule has 2 aliphatic heterocycles. The molecule has 174 valence electrons. The fraction of sp³-hybridized carbons (Fsp3) is 0.636. The highest BCUT2D eigenvalue weighted by atomic mass is 127. The van der Waals surface area contributed by atoms with Crippen LogP contribution in [0.2, 0.25) is 0 Å². The van der Waals surface area contributed by atoms with Crippen LogP contribution < -0.4 is 10.1 Å². The molecule has 0 aliphatic carbocycles. The van der Waals surface area contributed by atoms with Gasteiger partial charge in [0, 0.05) is 38.6 Å². The maximum atomic E-state index is 12.7. The summed E-state index contributed by atoms with van der Waals surface area (Å²) in [5, 5.41) is 13.9. The van der Waals surface area contributed by atoms with Gasteiger partial charge in [-0.1, -0.05) is 12.1 Å². The van der Waals surface area contributed by atoms with E-state index in [2.05, 4.69) is 15.2 Å². The number of amides is 1. The number of carbonyl (C=O) groups is 1. The lowest BCUT2D eigenvalue weighted by Crippen LogP contribution is -2.50. The lowest BCUT2D eigenvalue weighted by atomic mass is 9.95. The van der Waals surface area contributed by atoms with Gasteiger partial charge in [-0.2, -0.15) is 0 Å². The Morgan fingerprint density at radius 1 is 1.26 bits per heavy atom. The first kappa shape index (κ1) is 25.7. The van der Waals surface area contributed by atoms with Crippen LogP contribution in [0.4, 0.5) is 0 Å². The minimum atomic E-state index is -0.700. The van der Waals surface area contributed by atoms with Crippen LogP contribution in [-0.4, -0.2) is 86.4 Å². The highest BCUT2D eigenvalue weighted by Crippen LogP contribution is 2.22. The zero-order valence-electron chi connectivity index (χ0n) is 18.5. The molecule has 1 aromatic carbocycles. The van der Waals surface area contributed by atoms with E-state index >= 15 is 0 Å². The summed E-state index contributed by atoms with van der Waals surface area (Å²) < 4.78 is 10.6. The quantitative estimate of drug-likeness (QED) is 0.322. The number of piperidine rings is 1. The van der Waals surface area contributed by atoms with Crippen LogP contribution in [0.3, 0.4) is 0 Å². The van der Waals surface area contributed by atoms with Crippen LogP contribution in [0.5, 0.6) is 5.75 Å². The number of aliphatic hydroxyl groups is 1. The number of likely N-dealkylation sites (tertiary alicyclic amines) is 1. The number of nitrogens with one attached hydrogen (secondary N) is 1. The van der Waals surface area contributed by atoms with Gasteiger partial charge in [0.15, 0.2) is 5.96 Å². The van der Waals surface area contributed by atoms with Gasteiger partial charge in [-0.25, -0.2) is 0 Å². The van der Waals surface area contributed by atoms with Crippen molar-refractivity contribution < 1.29 is 19.4 Å². The highest BCUT2D eigenvalue weighted by molar-refractivity contribution is 14.0. The summed E-state index contributed by atoms with van der Waals surface area (Å²) in [6, 6.07) is 7.42. The molecule has 1 aromatic rings. The third-order valence-corrected chi connectivity index (χ3v) is 5.69. The summed E-state index contributed by atoms with van der Waals surface area (Å²) in [7, 11) is 1.61. The van der Waals surface area contributed by atoms with Crippen molar-refractivity contribution in [2.45, 2.75) is 25.9 Å². The van der Waals surface area contributed by atoms with Gasteiger partial charge >= 0.3 is 0 Å². The summed E-state index contributed by atoms with van der Waals surface area (Å²) in [4.78, 5) is 21.5. The molecule has 2 heterocycles. The largest absolute Gasteiger partial charge is 0.497 e. The van der Waals surface area contributed by atoms with Crippen molar-refractivity contribution in [2.75, 3.05) is 59.6 Å². The van der Waals surface area contributed by atoms with Crippen molar-refractivity contribution in [3.63, 3.8) is 0 Å². The predicted octanol–water partition coefficient (Wildman–Crippen LogP) is 1.88. The Kier molecular flexibility index (Phi) is 10.8. The lowest BCUT2D eigenvalue weighted by Gasteiger charge is -2.36. The predicted molar refractivity (Wildman–Crippen MR) is 131 cm³/mol. The molecule has 1 amide bonds. The van der Waals surface area contributed by atoms with Crippen LogP contribution in [-0.2, 0) is 9.53 Å². The fourth-order valence-electron chi connectivity index (χ4n) is 3.93. The van der Waals surface area contributed by atoms with Crippen LogP contribution in [0.15, 0.2) is 29.3 Å². The number of guanidine groups is 1. The number of methoxy groups -OCH3 is 1. The number of halogens is 1. The first-order valence-electron chi connectivity index (χ1n) is 10.8. The Balaban J connectivity index is 0.00000341. The van der Waals surface area contributed by atoms with Crippen molar-refractivity contribution in [1.29, 1.82) is 0 Å². The first-order chi connectivity index (χ1) is 14.6. The van der Waals surface area contributed by atoms with Crippen LogP contribution >= 0.6 is 24.0 Å². The van der Waals surface area contributed by atoms with Crippen molar-refractivity contribution in [2.24, 2.45) is 10.9 Å². The SMILES string of the molecule is CCNC(=NCC(O)c1cccc(OC)c1)N1CCC(C(=O)N2CCOCC2)CC1.I. The minimum Gasteiger partial charge on any atom is -0.497 e. The van der Waals surface area contributed by atoms with Crippen LogP contribution in [0.25, 0.3) is 0 Å². The smallest absolute Gasteiger partial charge is 0.225 e. The number of benzene rings is 1. The molecule has 0 aromatic heterocycles. The maximum Gasteiger partial charge on any atom is 0.225 e. The number of rotatable bonds is 6. The molecule has 1 atom stereocenters. The van der Waals surface area contributed by atoms with E-state index in [-0.39, 0.29) is 42.3 Å². The molecule has 3 rings (SSSR count). The molecule has 2 aliphatic rings. The number of aliphatic hydroxyl groups excluding tert-OH is 1. The Bertz CT molecular complexity index is 719. The van der Waals surface area contributed by atoms with Crippen molar-refractivity contribution in [3.05, 3.63) is 29.8 Å². The lowest BCUT2D eigenvalue weighted by molar-refractivity contribution is -0.140. The second kappa shape index (κ2) is 13.1. The minimum absolute atomic E-state index is 0. The molecule has 2 N–H and O–H groups in total. The number of ether oxygens (including phenoxy) is 2. The normalized spacial score (nSPS) is 18.9. The van der Waals surface area contributed by atoms with Gasteiger partial charge in [-0.05, 0) is 37.5 Å². The standard InChI is InChI=1S/C22H34N4O4.HI/c1-3-23-22(24-16-20(27)18-5-4-6-19(15-18)29-2)26-9-7-17(8-10-26)21(28)25-11-13-30-14-12-25;/h4-6,15,17,20,27H,3,7-14,16H2,1-2H3,(H,23,24);1H. The molecular formula is C22H35IN4O4. The van der Waals surface area contributed by atoms with Crippen molar-refractivity contribution in [1.82, 2.24) is 15.1 Å². The molecule has 1 unspecified atom stereocenters. The molecule has 2 fully saturated rings. The molecule has 0 bridgehead atoms. The van der Waals surface area contributed by atoms with Gasteiger partial charge in [0.2, 0.25) is 5.91 Å². The third-order valence-electron chi connectivity index (χ3n) is 5.69. The van der Waals surface area contributed by atoms with E-state index < -0.39 is 6.10 Å². The maximum absolute atomic E-state index is 12.7. The molecule has 9 heteroatoms. The van der Waals surface area contributed by atoms with E-state index in [0.29, 0.717) is 26.3 Å². The Labute approximate surface area is 202 Å². The van der Waals surface area contributed by atoms with Crippen molar-refractivity contribution in [3.8, 4) is 5.75 Å². The third kappa shape index (κ3) is 7.21.